The van der Waals surface area contributed by atoms with Gasteiger partial charge in [-0.3, -0.25) is 0 Å². The third-order valence-corrected chi connectivity index (χ3v) is 22.8. The van der Waals surface area contributed by atoms with E-state index >= 15 is 0 Å². The van der Waals surface area contributed by atoms with E-state index in [1.807, 2.05) is 227 Å². The number of pyridine rings is 4. The average molecular weight is 1380 g/mol. The van der Waals surface area contributed by atoms with Crippen molar-refractivity contribution in [3.8, 4) is 56.0 Å². The fourth-order valence-electron chi connectivity index (χ4n) is 18.0. The van der Waals surface area contributed by atoms with Gasteiger partial charge in [-0.2, -0.15) is 0 Å². The summed E-state index contributed by atoms with van der Waals surface area (Å²) in [6, 6.07) is 90.6. The summed E-state index contributed by atoms with van der Waals surface area (Å²) >= 11 is 0. The molecule has 2 atom stereocenters. The molecule has 16 aromatic rings. The summed E-state index contributed by atoms with van der Waals surface area (Å²) < 4.78 is 121. The molecule has 5 aromatic heterocycles. The lowest BCUT2D eigenvalue weighted by molar-refractivity contribution is -0.660. The van der Waals surface area contributed by atoms with Gasteiger partial charge in [0, 0.05) is 116 Å². The van der Waals surface area contributed by atoms with Crippen molar-refractivity contribution in [3.05, 3.63) is 425 Å². The molecule has 0 aliphatic heterocycles. The first kappa shape index (κ1) is 51.9. The second kappa shape index (κ2) is 24.5. The van der Waals surface area contributed by atoms with Gasteiger partial charge in [-0.1, -0.05) is 206 Å². The van der Waals surface area contributed by atoms with Gasteiger partial charge >= 0.3 is 0 Å². The highest BCUT2D eigenvalue weighted by atomic mass is 16.3. The Kier molecular flexibility index (Phi) is 12.0. The zero-order valence-corrected chi connectivity index (χ0v) is 59.9. The minimum atomic E-state index is -2.47. The number of aryl methyl sites for hydroxylation is 9. The van der Waals surface area contributed by atoms with Crippen LogP contribution >= 0.6 is 0 Å². The van der Waals surface area contributed by atoms with Gasteiger partial charge in [-0.05, 0) is 222 Å². The molecule has 6 bridgehead atoms. The normalized spacial score (nSPS) is 23.2. The first-order valence-electron chi connectivity index (χ1n) is 42.4. The molecule has 5 nitrogen and oxygen atoms in total. The molecule has 25 rings (SSSR count). The molecular weight excluding hydrogens is 1290 g/mol. The number of rotatable bonds is 5. The van der Waals surface area contributed by atoms with Crippen molar-refractivity contribution < 1.29 is 34.6 Å². The minimum absolute atomic E-state index is 0.0605. The van der Waals surface area contributed by atoms with Gasteiger partial charge in [0.15, 0.2) is 24.2 Å². The van der Waals surface area contributed by atoms with Crippen LogP contribution in [0.2, 0.25) is 0 Å². The first-order chi connectivity index (χ1) is 56.4. The van der Waals surface area contributed by atoms with Crippen LogP contribution in [0.5, 0.6) is 0 Å². The molecule has 9 aliphatic carbocycles. The Balaban J connectivity index is 0.000000119. The number of benzene rings is 11. The molecule has 106 heavy (non-hydrogen) atoms. The van der Waals surface area contributed by atoms with Crippen molar-refractivity contribution in [2.45, 2.75) is 76.8 Å². The fraction of sp³-hybridized carbons (Fsp3) is 0.149. The van der Waals surface area contributed by atoms with Crippen LogP contribution in [0.3, 0.4) is 0 Å². The monoisotopic (exact) mass is 1380 g/mol. The number of aromatic nitrogens is 4. The molecule has 2 unspecified atom stereocenters. The maximum Gasteiger partial charge on any atom is 0.227 e. The van der Waals surface area contributed by atoms with Gasteiger partial charge < -0.3 is 4.42 Å². The van der Waals surface area contributed by atoms with Gasteiger partial charge in [0.25, 0.3) is 0 Å². The van der Waals surface area contributed by atoms with Gasteiger partial charge in [-0.15, -0.1) is 0 Å². The topological polar surface area (TPSA) is 37.7 Å². The van der Waals surface area contributed by atoms with E-state index in [2.05, 4.69) is 114 Å². The van der Waals surface area contributed by atoms with Crippen LogP contribution in [-0.2, 0) is 21.1 Å². The minimum Gasteiger partial charge on any atom is -0.437 e. The molecule has 508 valence electrons. The van der Waals surface area contributed by atoms with Gasteiger partial charge in [0.2, 0.25) is 22.8 Å². The van der Waals surface area contributed by atoms with Crippen LogP contribution in [0.15, 0.2) is 296 Å². The summed E-state index contributed by atoms with van der Waals surface area (Å²) in [6.45, 7) is 3.18. The van der Waals surface area contributed by atoms with Gasteiger partial charge in [0.1, 0.15) is 21.1 Å². The maximum absolute atomic E-state index is 10.2. The Morgan fingerprint density at radius 2 is 0.726 bits per heavy atom. The lowest BCUT2D eigenvalue weighted by Crippen LogP contribution is -2.31. The number of hydrogen-bond donors (Lipinski definition) is 0. The van der Waals surface area contributed by atoms with E-state index in [0.29, 0.717) is 27.5 Å². The lowest BCUT2D eigenvalue weighted by Gasteiger charge is -2.42. The van der Waals surface area contributed by atoms with Crippen LogP contribution in [0.25, 0.3) is 78.1 Å². The van der Waals surface area contributed by atoms with Crippen LogP contribution < -0.4 is 13.7 Å². The van der Waals surface area contributed by atoms with E-state index in [1.54, 1.807) is 12.1 Å². The molecule has 9 aliphatic rings. The van der Waals surface area contributed by atoms with E-state index in [1.165, 1.54) is 11.6 Å². The van der Waals surface area contributed by atoms with Crippen molar-refractivity contribution in [2.75, 3.05) is 0 Å². The Labute approximate surface area is 637 Å². The Bertz CT molecular complexity index is 6930. The summed E-state index contributed by atoms with van der Waals surface area (Å²) in [5, 5.41) is 0.805. The van der Waals surface area contributed by atoms with Crippen LogP contribution in [0.4, 0.5) is 0 Å². The number of nitrogens with zero attached hydrogens (tertiary/aromatic N) is 4. The van der Waals surface area contributed by atoms with Crippen molar-refractivity contribution in [1.29, 1.82) is 0 Å². The van der Waals surface area contributed by atoms with Crippen LogP contribution in [-0.4, -0.2) is 4.98 Å². The van der Waals surface area contributed by atoms with Crippen LogP contribution in [0.1, 0.15) is 185 Å². The van der Waals surface area contributed by atoms with Crippen molar-refractivity contribution in [1.82, 2.24) is 4.98 Å². The standard InChI is InChI=1S/C41H33N2O.C33H26N.C27H22N/c1-22-10-13-30-33(18-22)38-28-8-6-7-9-29(28)39(30)34-20-26(12-15-31(34)38)27-16-17-43(5)35(21-27)37-24(3)19-23(2)36-32-14-11-25(4)42-41(32)44-40(36)37;1-21-18-29-30(20-28(21)31-19-23(16-17-34(31)2)22-10-4-3-5-11-22)33-26-14-8-6-12-24(26)32(29)25-13-7-9-15-27(25)33;1-17-15-23-24(16-22(17)25-13-7-8-14-28(25)2)27-20-11-5-3-9-18(20)26(23)19-10-4-6-12-21(19)27/h6-21,38-39H,1-5H3;3-20,32-33H,1-2H3;3-16,26-27H,1-2H3/q3*+1/i2D3,4D3,38D,39D;32D,33D;26D,27D. The van der Waals surface area contributed by atoms with Crippen molar-refractivity contribution in [3.63, 3.8) is 0 Å². The summed E-state index contributed by atoms with van der Waals surface area (Å²) in [5.74, 6) is -6.45. The molecule has 0 radical (unpaired) electrons. The molecule has 5 heterocycles. The predicted molar refractivity (Wildman–Crippen MR) is 428 cm³/mol. The molecule has 0 fully saturated rings. The predicted octanol–water partition coefficient (Wildman–Crippen LogP) is 22.0. The van der Waals surface area contributed by atoms with E-state index in [-0.39, 0.29) is 17.0 Å². The summed E-state index contributed by atoms with van der Waals surface area (Å²) in [7, 11) is 6.02. The third kappa shape index (κ3) is 9.74. The fourth-order valence-corrected chi connectivity index (χ4v) is 18.0. The molecule has 5 heteroatoms. The summed E-state index contributed by atoms with van der Waals surface area (Å²) in [6.07, 6.45) is 6.09. The molecular formula is C101H81N4O+3. The average Bonchev–Trinajstić information content (AvgIpc) is 0.830. The number of fused-ring (bicyclic) bond motifs is 3. The molecule has 0 saturated carbocycles. The highest BCUT2D eigenvalue weighted by Crippen LogP contribution is 2.60. The second-order valence-corrected chi connectivity index (χ2v) is 29.1. The van der Waals surface area contributed by atoms with Crippen molar-refractivity contribution in [2.24, 2.45) is 21.1 Å². The largest absolute Gasteiger partial charge is 0.437 e. The zero-order chi connectivity index (χ0) is 82.0. The third-order valence-electron chi connectivity index (χ3n) is 22.8. The highest BCUT2D eigenvalue weighted by Gasteiger charge is 2.45. The second-order valence-electron chi connectivity index (χ2n) is 29.1. The van der Waals surface area contributed by atoms with E-state index in [4.69, 9.17) is 12.6 Å². The lowest BCUT2D eigenvalue weighted by atomic mass is 9.60. The van der Waals surface area contributed by atoms with E-state index < -0.39 is 49.1 Å². The molecule has 0 N–H and O–H groups in total. The highest BCUT2D eigenvalue weighted by molar-refractivity contribution is 6.10. The van der Waals surface area contributed by atoms with E-state index in [0.717, 1.165) is 162 Å². The SMILES string of the molecule is [2H]C([2H])([2H])c1ccc2c(n1)oc1c(-c3cc(-c4ccc5c(c4)C4([2H])c6ccccc6C5([2H])c5cc(C)ccc54)cc[n+]3C)c(C)cc(C([2H])([2H])[2H])c12.[2H]C12c3ccccc3C([2H])(c3ccccc31)c1cc(-c3cc(-c4ccccc4)cc[n+]3C)c(C)cc12.[2H]C12c3ccccc3C([2H])(c3ccccc31)c1cc(-c3cccc[n+]3C)c(C)cc12. The molecule has 0 amide bonds. The molecule has 0 spiro atoms. The van der Waals surface area contributed by atoms with Crippen molar-refractivity contribution >= 4 is 22.1 Å². The Hall–Kier alpha value is -12.2. The number of furan rings is 1. The van der Waals surface area contributed by atoms with Crippen LogP contribution in [0, 0.1) is 41.4 Å². The molecule has 0 saturated heterocycles. The smallest absolute Gasteiger partial charge is 0.227 e. The molecule has 11 aromatic carbocycles. The summed E-state index contributed by atoms with van der Waals surface area (Å²) in [5.41, 5.74) is 30.3. The van der Waals surface area contributed by atoms with Gasteiger partial charge in [0.05, 0.1) is 5.56 Å². The number of hydrogen-bond acceptors (Lipinski definition) is 2. The quantitative estimate of drug-likeness (QED) is 0.161. The zero-order valence-electron chi connectivity index (χ0n) is 71.9. The first-order valence-corrected chi connectivity index (χ1v) is 36.4. The Morgan fingerprint density at radius 1 is 0.311 bits per heavy atom. The Morgan fingerprint density at radius 3 is 1.24 bits per heavy atom. The van der Waals surface area contributed by atoms with Gasteiger partial charge in [-0.25, -0.2) is 18.7 Å². The van der Waals surface area contributed by atoms with E-state index in [9.17, 15) is 8.22 Å². The summed E-state index contributed by atoms with van der Waals surface area (Å²) in [4.78, 5) is 4.31. The maximum atomic E-state index is 10.2.